The van der Waals surface area contributed by atoms with Crippen molar-refractivity contribution in [1.29, 1.82) is 0 Å². The van der Waals surface area contributed by atoms with Gasteiger partial charge in [-0.15, -0.1) is 0 Å². The lowest BCUT2D eigenvalue weighted by Gasteiger charge is -2.54. The number of aliphatic hydroxyl groups is 1. The van der Waals surface area contributed by atoms with E-state index in [4.69, 9.17) is 10.8 Å². The zero-order valence-corrected chi connectivity index (χ0v) is 7.99. The molecule has 3 saturated carbocycles. The van der Waals surface area contributed by atoms with E-state index in [2.05, 4.69) is 5.32 Å². The molecule has 3 fully saturated rings. The van der Waals surface area contributed by atoms with Crippen molar-refractivity contribution < 1.29 is 15.0 Å². The van der Waals surface area contributed by atoms with Gasteiger partial charge in [0.1, 0.15) is 0 Å². The lowest BCUT2D eigenvalue weighted by Crippen LogP contribution is -2.67. The van der Waals surface area contributed by atoms with Crippen LogP contribution in [0, 0.1) is 0 Å². The Morgan fingerprint density at radius 1 is 1.36 bits per heavy atom. The molecule has 0 aliphatic heterocycles. The number of hydrogen-bond donors (Lipinski definition) is 4. The maximum Gasteiger partial charge on any atom is 0.405 e. The maximum atomic E-state index is 10.6. The Balaban J connectivity index is 2.14. The fourth-order valence-electron chi connectivity index (χ4n) is 2.71. The van der Waals surface area contributed by atoms with Gasteiger partial charge in [-0.3, -0.25) is 0 Å². The zero-order valence-electron chi connectivity index (χ0n) is 7.99. The number of hydrogen-bond acceptors (Lipinski definition) is 3. The Hall–Kier alpha value is -0.810. The molecule has 5 nitrogen and oxygen atoms in total. The molecule has 5 heteroatoms. The number of amides is 1. The first-order chi connectivity index (χ1) is 6.46. The average molecular weight is 200 g/mol. The smallest absolute Gasteiger partial charge is 0.405 e. The fourth-order valence-corrected chi connectivity index (χ4v) is 2.71. The summed E-state index contributed by atoms with van der Waals surface area (Å²) in [4.78, 5) is 10.6. The number of nitrogens with two attached hydrogens (primary N) is 1. The second-order valence-corrected chi connectivity index (χ2v) is 4.66. The molecule has 0 radical (unpaired) electrons. The fraction of sp³-hybridized carbons (Fsp3) is 0.889. The molecule has 0 aromatic carbocycles. The monoisotopic (exact) mass is 200 g/mol. The molecule has 3 rings (SSSR count). The van der Waals surface area contributed by atoms with Crippen LogP contribution in [0.25, 0.3) is 0 Å². The highest BCUT2D eigenvalue weighted by Gasteiger charge is 2.52. The highest BCUT2D eigenvalue weighted by atomic mass is 16.4. The van der Waals surface area contributed by atoms with E-state index in [0.29, 0.717) is 19.3 Å². The standard InChI is InChI=1S/C9H16N2O3/c10-9-3-1-8(2-4-9,5-6(9)12)11-7(13)14/h6,11-12H,1-5,10H2,(H,13,14). The lowest BCUT2D eigenvalue weighted by molar-refractivity contribution is -0.0415. The molecular formula is C9H16N2O3. The predicted molar refractivity (Wildman–Crippen MR) is 49.9 cm³/mol. The average Bonchev–Trinajstić information content (AvgIpc) is 2.07. The summed E-state index contributed by atoms with van der Waals surface area (Å²) in [6.07, 6.45) is 1.76. The van der Waals surface area contributed by atoms with Crippen LogP contribution in [0.3, 0.4) is 0 Å². The molecule has 0 heterocycles. The first kappa shape index (κ1) is 9.73. The topological polar surface area (TPSA) is 95.6 Å². The van der Waals surface area contributed by atoms with E-state index in [1.54, 1.807) is 0 Å². The molecule has 3 aliphatic carbocycles. The van der Waals surface area contributed by atoms with Crippen LogP contribution in [0.15, 0.2) is 0 Å². The first-order valence-electron chi connectivity index (χ1n) is 4.94. The Bertz CT molecular complexity index is 259. The zero-order chi connectivity index (χ0) is 10.4. The molecule has 1 amide bonds. The molecule has 80 valence electrons. The van der Waals surface area contributed by atoms with Crippen molar-refractivity contribution in [2.45, 2.75) is 49.3 Å². The van der Waals surface area contributed by atoms with Crippen molar-refractivity contribution in [2.75, 3.05) is 0 Å². The number of aliphatic hydroxyl groups excluding tert-OH is 1. The Morgan fingerprint density at radius 3 is 2.36 bits per heavy atom. The molecule has 1 unspecified atom stereocenters. The number of nitrogens with one attached hydrogen (secondary N) is 1. The van der Waals surface area contributed by atoms with Crippen molar-refractivity contribution in [3.8, 4) is 0 Å². The largest absolute Gasteiger partial charge is 0.465 e. The molecule has 3 aliphatic rings. The Labute approximate surface area is 82.3 Å². The van der Waals surface area contributed by atoms with Gasteiger partial charge in [0.05, 0.1) is 6.10 Å². The second kappa shape index (κ2) is 2.84. The van der Waals surface area contributed by atoms with Crippen molar-refractivity contribution >= 4 is 6.09 Å². The van der Waals surface area contributed by atoms with E-state index in [9.17, 15) is 9.90 Å². The molecule has 0 aromatic rings. The van der Waals surface area contributed by atoms with Crippen LogP contribution >= 0.6 is 0 Å². The third-order valence-corrected chi connectivity index (χ3v) is 3.76. The van der Waals surface area contributed by atoms with Crippen LogP contribution < -0.4 is 11.1 Å². The summed E-state index contributed by atoms with van der Waals surface area (Å²) in [5, 5.41) is 21.0. The van der Waals surface area contributed by atoms with E-state index < -0.39 is 23.3 Å². The molecule has 0 saturated heterocycles. The summed E-state index contributed by atoms with van der Waals surface area (Å²) in [7, 11) is 0. The van der Waals surface area contributed by atoms with E-state index >= 15 is 0 Å². The number of fused-ring (bicyclic) bond motifs is 3. The SMILES string of the molecule is NC12CCC(NC(=O)O)(CC1)CC2O. The summed E-state index contributed by atoms with van der Waals surface area (Å²) < 4.78 is 0. The van der Waals surface area contributed by atoms with E-state index in [1.165, 1.54) is 0 Å². The van der Waals surface area contributed by atoms with Gasteiger partial charge in [-0.1, -0.05) is 0 Å². The predicted octanol–water partition coefficient (Wildman–Crippen LogP) is 0.0289. The minimum Gasteiger partial charge on any atom is -0.465 e. The highest BCUT2D eigenvalue weighted by molar-refractivity contribution is 5.65. The van der Waals surface area contributed by atoms with Crippen LogP contribution in [0.4, 0.5) is 4.79 Å². The minimum absolute atomic E-state index is 0.424. The number of rotatable bonds is 1. The Kier molecular flexibility index (Phi) is 1.97. The number of carboxylic acid groups (broad SMARTS) is 1. The van der Waals surface area contributed by atoms with Gasteiger partial charge in [0.25, 0.3) is 0 Å². The summed E-state index contributed by atoms with van der Waals surface area (Å²) in [5.74, 6) is 0. The van der Waals surface area contributed by atoms with Gasteiger partial charge in [0, 0.05) is 11.1 Å². The van der Waals surface area contributed by atoms with Crippen molar-refractivity contribution in [3.05, 3.63) is 0 Å². The van der Waals surface area contributed by atoms with Crippen LogP contribution in [-0.2, 0) is 0 Å². The van der Waals surface area contributed by atoms with Crippen LogP contribution in [0.2, 0.25) is 0 Å². The quantitative estimate of drug-likeness (QED) is 0.480. The van der Waals surface area contributed by atoms with Gasteiger partial charge < -0.3 is 21.3 Å². The summed E-state index contributed by atoms with van der Waals surface area (Å²) in [6.45, 7) is 0. The van der Waals surface area contributed by atoms with Crippen molar-refractivity contribution in [2.24, 2.45) is 5.73 Å². The molecular weight excluding hydrogens is 184 g/mol. The summed E-state index contributed by atoms with van der Waals surface area (Å²) >= 11 is 0. The summed E-state index contributed by atoms with van der Waals surface area (Å²) in [5.41, 5.74) is 5.11. The van der Waals surface area contributed by atoms with Gasteiger partial charge in [-0.05, 0) is 32.1 Å². The molecule has 0 spiro atoms. The second-order valence-electron chi connectivity index (χ2n) is 4.66. The first-order valence-corrected chi connectivity index (χ1v) is 4.94. The van der Waals surface area contributed by atoms with Gasteiger partial charge in [0.2, 0.25) is 0 Å². The van der Waals surface area contributed by atoms with Crippen LogP contribution in [0.5, 0.6) is 0 Å². The van der Waals surface area contributed by atoms with E-state index in [1.807, 2.05) is 0 Å². The molecule has 0 aromatic heterocycles. The molecule has 5 N–H and O–H groups in total. The van der Waals surface area contributed by atoms with E-state index in [-0.39, 0.29) is 0 Å². The van der Waals surface area contributed by atoms with Gasteiger partial charge in [-0.25, -0.2) is 4.79 Å². The van der Waals surface area contributed by atoms with Gasteiger partial charge >= 0.3 is 6.09 Å². The van der Waals surface area contributed by atoms with Gasteiger partial charge in [-0.2, -0.15) is 0 Å². The van der Waals surface area contributed by atoms with Crippen molar-refractivity contribution in [3.63, 3.8) is 0 Å². The third-order valence-electron chi connectivity index (χ3n) is 3.76. The van der Waals surface area contributed by atoms with E-state index in [0.717, 1.165) is 12.8 Å². The van der Waals surface area contributed by atoms with Gasteiger partial charge in [0.15, 0.2) is 0 Å². The summed E-state index contributed by atoms with van der Waals surface area (Å²) in [6, 6.07) is 0. The van der Waals surface area contributed by atoms with Crippen LogP contribution in [-0.4, -0.2) is 33.5 Å². The molecule has 2 bridgehead atoms. The third kappa shape index (κ3) is 1.36. The maximum absolute atomic E-state index is 10.6. The highest BCUT2D eigenvalue weighted by Crippen LogP contribution is 2.45. The molecule has 1 atom stereocenters. The Morgan fingerprint density at radius 2 is 1.93 bits per heavy atom. The lowest BCUT2D eigenvalue weighted by atomic mass is 9.60. The van der Waals surface area contributed by atoms with Crippen LogP contribution in [0.1, 0.15) is 32.1 Å². The molecule has 14 heavy (non-hydrogen) atoms. The minimum atomic E-state index is -1.01. The normalized spacial score (nSPS) is 46.3. The number of carbonyl (C=O) groups is 1. The van der Waals surface area contributed by atoms with Crippen molar-refractivity contribution in [1.82, 2.24) is 5.32 Å².